The highest BCUT2D eigenvalue weighted by Crippen LogP contribution is 2.32. The van der Waals surface area contributed by atoms with Crippen molar-refractivity contribution in [2.24, 2.45) is 11.7 Å². The molecule has 2 fully saturated rings. The minimum atomic E-state index is -0.429. The van der Waals surface area contributed by atoms with Crippen molar-refractivity contribution in [3.8, 4) is 0 Å². The van der Waals surface area contributed by atoms with Crippen LogP contribution in [0.1, 0.15) is 53.4 Å². The second-order valence-electron chi connectivity index (χ2n) is 8.09. The lowest BCUT2D eigenvalue weighted by Crippen LogP contribution is -2.62. The Morgan fingerprint density at radius 2 is 1.91 bits per heavy atom. The zero-order valence-corrected chi connectivity index (χ0v) is 14.7. The fraction of sp³-hybridized carbons (Fsp3) is 0.941. The number of carbonyl (C=O) groups is 1. The Morgan fingerprint density at radius 3 is 2.41 bits per heavy atom. The number of likely N-dealkylation sites (tertiary alicyclic amines) is 2. The first-order chi connectivity index (χ1) is 10.3. The molecule has 5 nitrogen and oxygen atoms in total. The molecule has 1 amide bonds. The Balaban J connectivity index is 1.95. The number of amides is 1. The largest absolute Gasteiger partial charge is 0.444 e. The van der Waals surface area contributed by atoms with Crippen LogP contribution in [-0.2, 0) is 4.74 Å². The molecular formula is C17H33N3O2. The van der Waals surface area contributed by atoms with Crippen LogP contribution in [0.3, 0.4) is 0 Å². The molecule has 2 aliphatic heterocycles. The van der Waals surface area contributed by atoms with Gasteiger partial charge in [-0.25, -0.2) is 4.79 Å². The monoisotopic (exact) mass is 311 g/mol. The summed E-state index contributed by atoms with van der Waals surface area (Å²) < 4.78 is 5.48. The summed E-state index contributed by atoms with van der Waals surface area (Å²) in [4.78, 5) is 16.6. The lowest BCUT2D eigenvalue weighted by atomic mass is 9.83. The average Bonchev–Trinajstić information content (AvgIpc) is 2.45. The van der Waals surface area contributed by atoms with E-state index in [9.17, 15) is 4.79 Å². The minimum Gasteiger partial charge on any atom is -0.444 e. The molecule has 1 atom stereocenters. The van der Waals surface area contributed by atoms with Gasteiger partial charge in [-0.05, 0) is 58.9 Å². The maximum absolute atomic E-state index is 12.2. The first-order valence-corrected chi connectivity index (χ1v) is 8.69. The molecule has 2 heterocycles. The average molecular weight is 311 g/mol. The highest BCUT2D eigenvalue weighted by molar-refractivity contribution is 5.68. The third-order valence-corrected chi connectivity index (χ3v) is 5.05. The molecule has 22 heavy (non-hydrogen) atoms. The van der Waals surface area contributed by atoms with E-state index >= 15 is 0 Å². The molecule has 0 saturated carbocycles. The first-order valence-electron chi connectivity index (χ1n) is 8.69. The predicted molar refractivity (Wildman–Crippen MR) is 88.8 cm³/mol. The van der Waals surface area contributed by atoms with E-state index in [-0.39, 0.29) is 11.6 Å². The number of rotatable bonds is 2. The zero-order valence-electron chi connectivity index (χ0n) is 14.7. The van der Waals surface area contributed by atoms with Crippen molar-refractivity contribution in [1.29, 1.82) is 0 Å². The van der Waals surface area contributed by atoms with Crippen LogP contribution in [0.4, 0.5) is 4.79 Å². The van der Waals surface area contributed by atoms with Gasteiger partial charge in [0, 0.05) is 31.7 Å². The third-order valence-electron chi connectivity index (χ3n) is 5.05. The highest BCUT2D eigenvalue weighted by atomic mass is 16.6. The fourth-order valence-corrected chi connectivity index (χ4v) is 3.70. The maximum Gasteiger partial charge on any atom is 0.410 e. The van der Waals surface area contributed by atoms with Crippen LogP contribution in [0.25, 0.3) is 0 Å². The van der Waals surface area contributed by atoms with Crippen molar-refractivity contribution in [2.75, 3.05) is 32.7 Å². The number of piperidine rings is 2. The van der Waals surface area contributed by atoms with Gasteiger partial charge < -0.3 is 15.4 Å². The van der Waals surface area contributed by atoms with Gasteiger partial charge in [0.1, 0.15) is 5.60 Å². The molecule has 2 saturated heterocycles. The summed E-state index contributed by atoms with van der Waals surface area (Å²) in [5.41, 5.74) is 5.81. The van der Waals surface area contributed by atoms with Crippen molar-refractivity contribution in [2.45, 2.75) is 64.5 Å². The smallest absolute Gasteiger partial charge is 0.410 e. The Labute approximate surface area is 135 Å². The predicted octanol–water partition coefficient (Wildman–Crippen LogP) is 2.45. The van der Waals surface area contributed by atoms with Crippen molar-refractivity contribution < 1.29 is 9.53 Å². The molecule has 0 aromatic heterocycles. The number of hydrogen-bond acceptors (Lipinski definition) is 4. The van der Waals surface area contributed by atoms with Gasteiger partial charge in [0.25, 0.3) is 0 Å². The number of nitrogens with zero attached hydrogens (tertiary/aromatic N) is 2. The Kier molecular flexibility index (Phi) is 5.38. The summed E-state index contributed by atoms with van der Waals surface area (Å²) in [5.74, 6) is 0.751. The number of carbonyl (C=O) groups excluding carboxylic acids is 1. The van der Waals surface area contributed by atoms with Crippen molar-refractivity contribution >= 4 is 6.09 Å². The molecule has 0 spiro atoms. The summed E-state index contributed by atoms with van der Waals surface area (Å²) in [7, 11) is 0. The van der Waals surface area contributed by atoms with E-state index in [0.29, 0.717) is 6.54 Å². The highest BCUT2D eigenvalue weighted by Gasteiger charge is 2.41. The molecule has 0 aromatic rings. The quantitative estimate of drug-likeness (QED) is 0.851. The molecule has 5 heteroatoms. The van der Waals surface area contributed by atoms with Gasteiger partial charge in [0.2, 0.25) is 0 Å². The summed E-state index contributed by atoms with van der Waals surface area (Å²) >= 11 is 0. The van der Waals surface area contributed by atoms with Crippen molar-refractivity contribution in [3.63, 3.8) is 0 Å². The Bertz CT molecular complexity index is 384. The summed E-state index contributed by atoms with van der Waals surface area (Å²) in [6, 6.07) is 0. The molecule has 0 bridgehead atoms. The molecular weight excluding hydrogens is 278 g/mol. The van der Waals surface area contributed by atoms with E-state index < -0.39 is 5.60 Å². The molecule has 0 radical (unpaired) electrons. The van der Waals surface area contributed by atoms with Gasteiger partial charge in [-0.3, -0.25) is 4.90 Å². The van der Waals surface area contributed by atoms with Crippen LogP contribution in [0.2, 0.25) is 0 Å². The number of nitrogens with two attached hydrogens (primary N) is 1. The standard InChI is InChI=1S/C17H33N3O2/c1-14-6-5-9-20(12-14)17(13-18)7-10-19(11-8-17)15(21)22-16(2,3)4/h14H,5-13,18H2,1-4H3/t14-/m0/s1. The van der Waals surface area contributed by atoms with Crippen molar-refractivity contribution in [3.05, 3.63) is 0 Å². The van der Waals surface area contributed by atoms with E-state index in [1.807, 2.05) is 25.7 Å². The molecule has 0 unspecified atom stereocenters. The zero-order chi connectivity index (χ0) is 16.4. The summed E-state index contributed by atoms with van der Waals surface area (Å²) in [5, 5.41) is 0. The molecule has 2 N–H and O–H groups in total. The second-order valence-corrected chi connectivity index (χ2v) is 8.09. The molecule has 2 rings (SSSR count). The molecule has 0 aliphatic carbocycles. The van der Waals surface area contributed by atoms with Crippen LogP contribution in [0.5, 0.6) is 0 Å². The minimum absolute atomic E-state index is 0.0766. The molecule has 0 aromatic carbocycles. The van der Waals surface area contributed by atoms with Gasteiger partial charge >= 0.3 is 6.09 Å². The lowest BCUT2D eigenvalue weighted by molar-refractivity contribution is -0.0158. The topological polar surface area (TPSA) is 58.8 Å². The maximum atomic E-state index is 12.2. The second kappa shape index (κ2) is 6.75. The van der Waals surface area contributed by atoms with Crippen LogP contribution in [0, 0.1) is 5.92 Å². The van der Waals surface area contributed by atoms with Crippen molar-refractivity contribution in [1.82, 2.24) is 9.80 Å². The van der Waals surface area contributed by atoms with Crippen LogP contribution in [-0.4, -0.2) is 59.8 Å². The van der Waals surface area contributed by atoms with Gasteiger partial charge in [-0.2, -0.15) is 0 Å². The van der Waals surface area contributed by atoms with E-state index in [0.717, 1.165) is 44.9 Å². The molecule has 128 valence electrons. The fourth-order valence-electron chi connectivity index (χ4n) is 3.70. The van der Waals surface area contributed by atoms with Gasteiger partial charge in [-0.15, -0.1) is 0 Å². The van der Waals surface area contributed by atoms with E-state index in [2.05, 4.69) is 11.8 Å². The van der Waals surface area contributed by atoms with Crippen LogP contribution >= 0.6 is 0 Å². The van der Waals surface area contributed by atoms with E-state index in [1.165, 1.54) is 12.8 Å². The summed E-state index contributed by atoms with van der Waals surface area (Å²) in [6.07, 6.45) is 4.30. The van der Waals surface area contributed by atoms with E-state index in [1.54, 1.807) is 0 Å². The third kappa shape index (κ3) is 4.13. The van der Waals surface area contributed by atoms with Gasteiger partial charge in [-0.1, -0.05) is 6.92 Å². The van der Waals surface area contributed by atoms with Crippen LogP contribution < -0.4 is 5.73 Å². The Hall–Kier alpha value is -0.810. The number of ether oxygens (including phenoxy) is 1. The summed E-state index contributed by atoms with van der Waals surface area (Å²) in [6.45, 7) is 12.5. The SMILES string of the molecule is C[C@H]1CCCN(C2(CN)CCN(C(=O)OC(C)(C)C)CC2)C1. The van der Waals surface area contributed by atoms with Gasteiger partial charge in [0.15, 0.2) is 0 Å². The van der Waals surface area contributed by atoms with Gasteiger partial charge in [0.05, 0.1) is 0 Å². The molecule has 2 aliphatic rings. The first kappa shape index (κ1) is 17.5. The van der Waals surface area contributed by atoms with E-state index in [4.69, 9.17) is 10.5 Å². The normalized spacial score (nSPS) is 26.8. The van der Waals surface area contributed by atoms with Crippen LogP contribution in [0.15, 0.2) is 0 Å². The Morgan fingerprint density at radius 1 is 1.27 bits per heavy atom. The lowest BCUT2D eigenvalue weighted by Gasteiger charge is -2.50. The number of hydrogen-bond donors (Lipinski definition) is 1.